The van der Waals surface area contributed by atoms with Crippen molar-refractivity contribution >= 4 is 34.8 Å². The monoisotopic (exact) mass is 435 g/mol. The Morgan fingerprint density at radius 1 is 0.964 bits per heavy atom. The number of ether oxygens (including phenoxy) is 1. The summed E-state index contributed by atoms with van der Waals surface area (Å²) < 4.78 is 16.7. The van der Waals surface area contributed by atoms with Crippen molar-refractivity contribution < 1.29 is 13.7 Å². The van der Waals surface area contributed by atoms with Gasteiger partial charge in [-0.05, 0) is 13.0 Å². The highest BCUT2D eigenvalue weighted by atomic mass is 35.5. The molecule has 0 spiro atoms. The number of rotatable bonds is 5. The van der Waals surface area contributed by atoms with Gasteiger partial charge in [-0.25, -0.2) is 0 Å². The van der Waals surface area contributed by atoms with E-state index in [2.05, 4.69) is 15.4 Å². The van der Waals surface area contributed by atoms with Crippen molar-refractivity contribution in [3.63, 3.8) is 0 Å². The molecule has 2 aromatic heterocycles. The first-order valence-corrected chi connectivity index (χ1v) is 9.28. The standard InChI is InChI=1S/C19H12Cl3N3O3/c1-10-17(18(25-28-10)11-5-3-2-4-6-11)19-24-23-16(27-19)9-26-15-8-13(21)12(20)7-14(15)22/h2-8H,9H2,1H3. The van der Waals surface area contributed by atoms with Gasteiger partial charge in [0, 0.05) is 11.6 Å². The number of hydrogen-bond donors (Lipinski definition) is 0. The minimum Gasteiger partial charge on any atom is -0.482 e. The maximum atomic E-state index is 6.11. The van der Waals surface area contributed by atoms with Crippen LogP contribution in [0.5, 0.6) is 5.75 Å². The first-order chi connectivity index (χ1) is 13.5. The van der Waals surface area contributed by atoms with Gasteiger partial charge in [-0.3, -0.25) is 0 Å². The Hall–Kier alpha value is -2.54. The van der Waals surface area contributed by atoms with Gasteiger partial charge in [0.15, 0.2) is 6.61 Å². The van der Waals surface area contributed by atoms with E-state index in [1.54, 1.807) is 6.92 Å². The van der Waals surface area contributed by atoms with Gasteiger partial charge in [0.1, 0.15) is 22.8 Å². The van der Waals surface area contributed by atoms with Gasteiger partial charge in [-0.2, -0.15) is 0 Å². The third-order valence-corrected chi connectivity index (χ3v) is 4.93. The minimum absolute atomic E-state index is 0.00960. The van der Waals surface area contributed by atoms with Gasteiger partial charge in [0.25, 0.3) is 11.8 Å². The molecule has 2 aromatic carbocycles. The summed E-state index contributed by atoms with van der Waals surface area (Å²) in [6, 6.07) is 12.6. The topological polar surface area (TPSA) is 74.2 Å². The average molecular weight is 437 g/mol. The van der Waals surface area contributed by atoms with Crippen LogP contribution in [0.4, 0.5) is 0 Å². The lowest BCUT2D eigenvalue weighted by Crippen LogP contribution is -1.96. The first kappa shape index (κ1) is 18.8. The predicted molar refractivity (Wildman–Crippen MR) is 106 cm³/mol. The second-order valence-electron chi connectivity index (χ2n) is 5.81. The summed E-state index contributed by atoms with van der Waals surface area (Å²) in [5.74, 6) is 1.48. The molecule has 0 fully saturated rings. The Bertz CT molecular complexity index is 1130. The minimum atomic E-state index is 0.00960. The molecule has 9 heteroatoms. The molecule has 6 nitrogen and oxygen atoms in total. The number of aromatic nitrogens is 3. The van der Waals surface area contributed by atoms with Crippen LogP contribution in [0.15, 0.2) is 51.4 Å². The van der Waals surface area contributed by atoms with Gasteiger partial charge < -0.3 is 13.7 Å². The van der Waals surface area contributed by atoms with Gasteiger partial charge >= 0.3 is 0 Å². The summed E-state index contributed by atoms with van der Waals surface area (Å²) in [6.45, 7) is 1.79. The van der Waals surface area contributed by atoms with Gasteiger partial charge in [0.2, 0.25) is 0 Å². The van der Waals surface area contributed by atoms with E-state index in [9.17, 15) is 0 Å². The van der Waals surface area contributed by atoms with Crippen molar-refractivity contribution in [2.24, 2.45) is 0 Å². The van der Waals surface area contributed by atoms with Gasteiger partial charge in [-0.1, -0.05) is 70.3 Å². The highest BCUT2D eigenvalue weighted by Gasteiger charge is 2.22. The number of hydrogen-bond acceptors (Lipinski definition) is 6. The molecule has 2 heterocycles. The quantitative estimate of drug-likeness (QED) is 0.345. The normalized spacial score (nSPS) is 11.0. The molecule has 0 aliphatic heterocycles. The Kier molecular flexibility index (Phi) is 5.26. The molecule has 0 N–H and O–H groups in total. The van der Waals surface area contributed by atoms with E-state index < -0.39 is 0 Å². The Morgan fingerprint density at radius 2 is 1.71 bits per heavy atom. The molecule has 0 radical (unpaired) electrons. The summed E-state index contributed by atoms with van der Waals surface area (Å²) in [5, 5.41) is 13.2. The van der Waals surface area contributed by atoms with Crippen LogP contribution in [-0.4, -0.2) is 15.4 Å². The van der Waals surface area contributed by atoms with E-state index in [-0.39, 0.29) is 18.4 Å². The molecule has 142 valence electrons. The van der Waals surface area contributed by atoms with Crippen LogP contribution in [0.25, 0.3) is 22.7 Å². The molecule has 0 unspecified atom stereocenters. The van der Waals surface area contributed by atoms with Crippen LogP contribution < -0.4 is 4.74 Å². The van der Waals surface area contributed by atoms with Crippen molar-refractivity contribution in [3.8, 4) is 28.5 Å². The zero-order chi connectivity index (χ0) is 19.7. The lowest BCUT2D eigenvalue weighted by Gasteiger charge is -2.07. The van der Waals surface area contributed by atoms with Crippen LogP contribution in [0.2, 0.25) is 15.1 Å². The van der Waals surface area contributed by atoms with Crippen molar-refractivity contribution in [1.82, 2.24) is 15.4 Å². The highest BCUT2D eigenvalue weighted by Crippen LogP contribution is 2.35. The number of nitrogens with zero attached hydrogens (tertiary/aromatic N) is 3. The zero-order valence-corrected chi connectivity index (χ0v) is 16.7. The molecule has 0 aliphatic carbocycles. The van der Waals surface area contributed by atoms with Crippen molar-refractivity contribution in [1.29, 1.82) is 0 Å². The molecule has 0 aliphatic rings. The predicted octanol–water partition coefficient (Wildman–Crippen LogP) is 6.24. The second kappa shape index (κ2) is 7.83. The SMILES string of the molecule is Cc1onc(-c2ccccc2)c1-c1nnc(COc2cc(Cl)c(Cl)cc2Cl)o1. The van der Waals surface area contributed by atoms with Crippen LogP contribution in [0.1, 0.15) is 11.7 Å². The molecular formula is C19H12Cl3N3O3. The van der Waals surface area contributed by atoms with E-state index >= 15 is 0 Å². The van der Waals surface area contributed by atoms with Crippen molar-refractivity contribution in [2.75, 3.05) is 0 Å². The lowest BCUT2D eigenvalue weighted by molar-refractivity contribution is 0.264. The molecule has 4 aromatic rings. The van der Waals surface area contributed by atoms with E-state index in [1.807, 2.05) is 30.3 Å². The van der Waals surface area contributed by atoms with Crippen LogP contribution in [0.3, 0.4) is 0 Å². The largest absolute Gasteiger partial charge is 0.482 e. The Balaban J connectivity index is 1.58. The maximum absolute atomic E-state index is 6.11. The summed E-state index contributed by atoms with van der Waals surface area (Å²) in [7, 11) is 0. The maximum Gasteiger partial charge on any atom is 0.254 e. The van der Waals surface area contributed by atoms with Crippen molar-refractivity contribution in [3.05, 3.63) is 69.2 Å². The first-order valence-electron chi connectivity index (χ1n) is 8.14. The molecule has 4 rings (SSSR count). The lowest BCUT2D eigenvalue weighted by atomic mass is 10.1. The molecular weight excluding hydrogens is 425 g/mol. The molecule has 0 bridgehead atoms. The average Bonchev–Trinajstić information content (AvgIpc) is 3.30. The fourth-order valence-electron chi connectivity index (χ4n) is 2.58. The highest BCUT2D eigenvalue weighted by molar-refractivity contribution is 6.43. The van der Waals surface area contributed by atoms with Gasteiger partial charge in [0.05, 0.1) is 15.1 Å². The molecule has 0 amide bonds. The van der Waals surface area contributed by atoms with E-state index in [0.29, 0.717) is 37.8 Å². The van der Waals surface area contributed by atoms with Crippen LogP contribution in [-0.2, 0) is 6.61 Å². The van der Waals surface area contributed by atoms with E-state index in [0.717, 1.165) is 5.56 Å². The van der Waals surface area contributed by atoms with Crippen LogP contribution in [0, 0.1) is 6.92 Å². The summed E-state index contributed by atoms with van der Waals surface area (Å²) in [6.07, 6.45) is 0. The van der Waals surface area contributed by atoms with Crippen LogP contribution >= 0.6 is 34.8 Å². The summed E-state index contributed by atoms with van der Waals surface area (Å²) in [5.41, 5.74) is 2.15. The second-order valence-corrected chi connectivity index (χ2v) is 7.04. The Labute approximate surface area is 175 Å². The third-order valence-electron chi connectivity index (χ3n) is 3.92. The molecule has 28 heavy (non-hydrogen) atoms. The van der Waals surface area contributed by atoms with Crippen molar-refractivity contribution in [2.45, 2.75) is 13.5 Å². The number of benzene rings is 2. The van der Waals surface area contributed by atoms with E-state index in [4.69, 9.17) is 48.5 Å². The smallest absolute Gasteiger partial charge is 0.254 e. The zero-order valence-electron chi connectivity index (χ0n) is 14.4. The van der Waals surface area contributed by atoms with E-state index in [1.165, 1.54) is 12.1 Å². The third kappa shape index (κ3) is 3.71. The summed E-state index contributed by atoms with van der Waals surface area (Å²) in [4.78, 5) is 0. The molecule has 0 saturated heterocycles. The number of halogens is 3. The fraction of sp³-hybridized carbons (Fsp3) is 0.105. The summed E-state index contributed by atoms with van der Waals surface area (Å²) >= 11 is 18.0. The molecule has 0 atom stereocenters. The van der Waals surface area contributed by atoms with Gasteiger partial charge in [-0.15, -0.1) is 10.2 Å². The number of aryl methyl sites for hydroxylation is 1. The fourth-order valence-corrected chi connectivity index (χ4v) is 3.18. The molecule has 0 saturated carbocycles. The Morgan fingerprint density at radius 3 is 2.50 bits per heavy atom.